The minimum atomic E-state index is -0.389. The standard InChI is InChI=1S/C9H15IO3/c1-3-9(2,10)8(11)13-7-4-5-12-6-7/h7H,3-6H2,1-2H3. The van der Waals surface area contributed by atoms with E-state index in [0.29, 0.717) is 13.2 Å². The average molecular weight is 298 g/mol. The quantitative estimate of drug-likeness (QED) is 0.454. The summed E-state index contributed by atoms with van der Waals surface area (Å²) in [5.41, 5.74) is 0. The lowest BCUT2D eigenvalue weighted by Crippen LogP contribution is -2.33. The van der Waals surface area contributed by atoms with Crippen LogP contribution in [0.2, 0.25) is 0 Å². The summed E-state index contributed by atoms with van der Waals surface area (Å²) >= 11 is 2.14. The van der Waals surface area contributed by atoms with Crippen molar-refractivity contribution in [3.05, 3.63) is 0 Å². The molecule has 1 saturated heterocycles. The molecular formula is C9H15IO3. The van der Waals surface area contributed by atoms with Gasteiger partial charge in [-0.3, -0.25) is 4.79 Å². The second kappa shape index (κ2) is 4.59. The Kier molecular flexibility index (Phi) is 3.97. The third kappa shape index (κ3) is 3.09. The molecule has 0 N–H and O–H groups in total. The van der Waals surface area contributed by atoms with Crippen molar-refractivity contribution in [1.29, 1.82) is 0 Å². The first-order valence-corrected chi connectivity index (χ1v) is 5.62. The van der Waals surface area contributed by atoms with Crippen LogP contribution in [0, 0.1) is 0 Å². The first-order valence-electron chi connectivity index (χ1n) is 4.54. The summed E-state index contributed by atoms with van der Waals surface area (Å²) in [5, 5.41) is 0. The van der Waals surface area contributed by atoms with Gasteiger partial charge in [-0.05, 0) is 13.3 Å². The molecule has 76 valence electrons. The fourth-order valence-corrected chi connectivity index (χ4v) is 1.15. The Morgan fingerprint density at radius 2 is 2.46 bits per heavy atom. The van der Waals surface area contributed by atoms with E-state index in [1.54, 1.807) is 0 Å². The zero-order valence-electron chi connectivity index (χ0n) is 8.01. The molecule has 1 rings (SSSR count). The lowest BCUT2D eigenvalue weighted by Gasteiger charge is -2.20. The highest BCUT2D eigenvalue weighted by molar-refractivity contribution is 14.1. The van der Waals surface area contributed by atoms with Crippen molar-refractivity contribution in [3.8, 4) is 0 Å². The first-order chi connectivity index (χ1) is 6.06. The molecular weight excluding hydrogens is 283 g/mol. The molecule has 0 radical (unpaired) electrons. The molecule has 3 nitrogen and oxygen atoms in total. The van der Waals surface area contributed by atoms with E-state index in [1.165, 1.54) is 0 Å². The van der Waals surface area contributed by atoms with Crippen molar-refractivity contribution < 1.29 is 14.3 Å². The van der Waals surface area contributed by atoms with Crippen LogP contribution in [-0.4, -0.2) is 28.7 Å². The molecule has 1 aliphatic heterocycles. The molecule has 0 aliphatic carbocycles. The van der Waals surface area contributed by atoms with Crippen LogP contribution in [0.4, 0.5) is 0 Å². The second-order valence-electron chi connectivity index (χ2n) is 3.44. The van der Waals surface area contributed by atoms with Gasteiger partial charge in [0.15, 0.2) is 0 Å². The number of halogens is 1. The van der Waals surface area contributed by atoms with Crippen LogP contribution in [-0.2, 0) is 14.3 Å². The molecule has 0 saturated carbocycles. The SMILES string of the molecule is CCC(C)(I)C(=O)OC1CCOC1. The normalized spacial score (nSPS) is 26.8. The van der Waals surface area contributed by atoms with Gasteiger partial charge in [-0.25, -0.2) is 0 Å². The van der Waals surface area contributed by atoms with Crippen molar-refractivity contribution in [1.82, 2.24) is 0 Å². The summed E-state index contributed by atoms with van der Waals surface area (Å²) in [6, 6.07) is 0. The van der Waals surface area contributed by atoms with Crippen LogP contribution in [0.15, 0.2) is 0 Å². The Morgan fingerprint density at radius 3 is 2.92 bits per heavy atom. The first kappa shape index (κ1) is 11.2. The molecule has 0 aromatic heterocycles. The minimum absolute atomic E-state index is 0.0202. The van der Waals surface area contributed by atoms with Gasteiger partial charge in [-0.1, -0.05) is 29.5 Å². The van der Waals surface area contributed by atoms with Crippen molar-refractivity contribution in [2.45, 2.75) is 36.2 Å². The number of hydrogen-bond donors (Lipinski definition) is 0. The van der Waals surface area contributed by atoms with E-state index in [1.807, 2.05) is 13.8 Å². The molecule has 13 heavy (non-hydrogen) atoms. The van der Waals surface area contributed by atoms with Crippen molar-refractivity contribution in [3.63, 3.8) is 0 Å². The molecule has 0 spiro atoms. The topological polar surface area (TPSA) is 35.5 Å². The third-order valence-electron chi connectivity index (χ3n) is 2.25. The van der Waals surface area contributed by atoms with E-state index >= 15 is 0 Å². The molecule has 4 heteroatoms. The Morgan fingerprint density at radius 1 is 1.77 bits per heavy atom. The highest BCUT2D eigenvalue weighted by atomic mass is 127. The van der Waals surface area contributed by atoms with E-state index in [9.17, 15) is 4.79 Å². The maximum atomic E-state index is 11.6. The van der Waals surface area contributed by atoms with Crippen LogP contribution in [0.5, 0.6) is 0 Å². The average Bonchev–Trinajstić information content (AvgIpc) is 2.57. The van der Waals surface area contributed by atoms with E-state index in [0.717, 1.165) is 12.8 Å². The summed E-state index contributed by atoms with van der Waals surface area (Å²) in [6.45, 7) is 5.15. The van der Waals surface area contributed by atoms with Crippen LogP contribution >= 0.6 is 22.6 Å². The van der Waals surface area contributed by atoms with Crippen LogP contribution in [0.25, 0.3) is 0 Å². The van der Waals surface area contributed by atoms with Crippen LogP contribution in [0.1, 0.15) is 26.7 Å². The van der Waals surface area contributed by atoms with Crippen molar-refractivity contribution in [2.24, 2.45) is 0 Å². The van der Waals surface area contributed by atoms with E-state index in [4.69, 9.17) is 9.47 Å². The third-order valence-corrected chi connectivity index (χ3v) is 3.45. The summed E-state index contributed by atoms with van der Waals surface area (Å²) in [4.78, 5) is 11.6. The fraction of sp³-hybridized carbons (Fsp3) is 0.889. The zero-order valence-corrected chi connectivity index (χ0v) is 10.2. The maximum absolute atomic E-state index is 11.6. The lowest BCUT2D eigenvalue weighted by molar-refractivity contribution is -0.150. The number of hydrogen-bond acceptors (Lipinski definition) is 3. The number of alkyl halides is 1. The molecule has 1 aliphatic rings. The summed E-state index contributed by atoms with van der Waals surface area (Å²) in [7, 11) is 0. The predicted molar refractivity (Wildman–Crippen MR) is 58.0 cm³/mol. The van der Waals surface area contributed by atoms with Gasteiger partial charge in [-0.2, -0.15) is 0 Å². The Bertz CT molecular complexity index is 185. The molecule has 0 aromatic carbocycles. The van der Waals surface area contributed by atoms with E-state index in [2.05, 4.69) is 22.6 Å². The number of rotatable bonds is 3. The maximum Gasteiger partial charge on any atom is 0.322 e. The minimum Gasteiger partial charge on any atom is -0.459 e. The van der Waals surface area contributed by atoms with Gasteiger partial charge in [0, 0.05) is 6.42 Å². The molecule has 0 amide bonds. The van der Waals surface area contributed by atoms with E-state index in [-0.39, 0.29) is 15.5 Å². The highest BCUT2D eigenvalue weighted by Gasteiger charge is 2.32. The zero-order chi connectivity index (χ0) is 9.90. The summed E-state index contributed by atoms with van der Waals surface area (Å²) < 4.78 is 10.0. The number of carbonyl (C=O) groups excluding carboxylic acids is 1. The molecule has 0 aromatic rings. The number of ether oxygens (including phenoxy) is 2. The molecule has 1 fully saturated rings. The van der Waals surface area contributed by atoms with Gasteiger partial charge < -0.3 is 9.47 Å². The Balaban J connectivity index is 2.39. The smallest absolute Gasteiger partial charge is 0.322 e. The molecule has 2 unspecified atom stereocenters. The van der Waals surface area contributed by atoms with E-state index < -0.39 is 0 Å². The Labute approximate surface area is 92.3 Å². The predicted octanol–water partition coefficient (Wildman–Crippen LogP) is 1.92. The van der Waals surface area contributed by atoms with Crippen molar-refractivity contribution in [2.75, 3.05) is 13.2 Å². The van der Waals surface area contributed by atoms with Crippen LogP contribution < -0.4 is 0 Å². The molecule has 0 bridgehead atoms. The highest BCUT2D eigenvalue weighted by Crippen LogP contribution is 2.25. The number of esters is 1. The molecule has 2 atom stereocenters. The summed E-state index contributed by atoms with van der Waals surface area (Å²) in [5.74, 6) is -0.119. The second-order valence-corrected chi connectivity index (χ2v) is 5.82. The van der Waals surface area contributed by atoms with Gasteiger partial charge in [0.25, 0.3) is 0 Å². The van der Waals surface area contributed by atoms with Gasteiger partial charge in [-0.15, -0.1) is 0 Å². The van der Waals surface area contributed by atoms with Gasteiger partial charge in [0.05, 0.1) is 13.2 Å². The van der Waals surface area contributed by atoms with Crippen molar-refractivity contribution >= 4 is 28.6 Å². The summed E-state index contributed by atoms with van der Waals surface area (Å²) in [6.07, 6.45) is 1.61. The van der Waals surface area contributed by atoms with Gasteiger partial charge in [0.2, 0.25) is 0 Å². The monoisotopic (exact) mass is 298 g/mol. The van der Waals surface area contributed by atoms with Crippen LogP contribution in [0.3, 0.4) is 0 Å². The fourth-order valence-electron chi connectivity index (χ4n) is 1.02. The molecule has 1 heterocycles. The van der Waals surface area contributed by atoms with Gasteiger partial charge >= 0.3 is 5.97 Å². The number of carbonyl (C=O) groups is 1. The lowest BCUT2D eigenvalue weighted by atomic mass is 10.1. The van der Waals surface area contributed by atoms with Gasteiger partial charge in [0.1, 0.15) is 9.53 Å². The Hall–Kier alpha value is 0.160. The largest absolute Gasteiger partial charge is 0.459 e.